The summed E-state index contributed by atoms with van der Waals surface area (Å²) in [5.74, 6) is 0. The highest BCUT2D eigenvalue weighted by molar-refractivity contribution is 5.30. The number of benzene rings is 1. The van der Waals surface area contributed by atoms with Gasteiger partial charge >= 0.3 is 6.18 Å². The highest BCUT2D eigenvalue weighted by atomic mass is 19.4. The first-order valence-electron chi connectivity index (χ1n) is 6.26. The molecule has 0 radical (unpaired) electrons. The summed E-state index contributed by atoms with van der Waals surface area (Å²) in [5, 5.41) is 9.94. The van der Waals surface area contributed by atoms with Crippen LogP contribution in [0.2, 0.25) is 0 Å². The number of aromatic amines is 1. The summed E-state index contributed by atoms with van der Waals surface area (Å²) in [6.07, 6.45) is -4.32. The van der Waals surface area contributed by atoms with Crippen molar-refractivity contribution in [2.75, 3.05) is 0 Å². The molecule has 0 amide bonds. The number of nitrogens with one attached hydrogen (secondary N) is 2. The Bertz CT molecular complexity index is 568. The van der Waals surface area contributed by atoms with Gasteiger partial charge in [-0.2, -0.15) is 18.3 Å². The molecule has 0 aliphatic rings. The van der Waals surface area contributed by atoms with Gasteiger partial charge in [0.05, 0.1) is 11.3 Å². The van der Waals surface area contributed by atoms with Gasteiger partial charge in [0.2, 0.25) is 0 Å². The standard InChI is InChI=1S/C14H16F3N3/c1-9-12(10(2)20-19-9)8-18-7-11-5-3-4-6-13(11)14(15,16)17/h3-6,18H,7-8H2,1-2H3,(H,19,20). The number of aryl methyl sites for hydroxylation is 2. The lowest BCUT2D eigenvalue weighted by Crippen LogP contribution is -2.17. The van der Waals surface area contributed by atoms with Gasteiger partial charge < -0.3 is 5.32 Å². The molecule has 0 saturated heterocycles. The van der Waals surface area contributed by atoms with Gasteiger partial charge in [-0.05, 0) is 25.5 Å². The Labute approximate surface area is 115 Å². The summed E-state index contributed by atoms with van der Waals surface area (Å²) >= 11 is 0. The van der Waals surface area contributed by atoms with Crippen molar-refractivity contribution in [1.29, 1.82) is 0 Å². The highest BCUT2D eigenvalue weighted by Crippen LogP contribution is 2.31. The average Bonchev–Trinajstić information content (AvgIpc) is 2.70. The topological polar surface area (TPSA) is 40.7 Å². The molecule has 1 aromatic heterocycles. The molecular formula is C14H16F3N3. The first kappa shape index (κ1) is 14.6. The average molecular weight is 283 g/mol. The molecule has 0 atom stereocenters. The van der Waals surface area contributed by atoms with E-state index in [0.29, 0.717) is 6.54 Å². The third-order valence-electron chi connectivity index (χ3n) is 3.22. The second-order valence-electron chi connectivity index (χ2n) is 4.67. The van der Waals surface area contributed by atoms with E-state index in [-0.39, 0.29) is 12.1 Å². The summed E-state index contributed by atoms with van der Waals surface area (Å²) in [6.45, 7) is 4.41. The molecule has 0 unspecified atom stereocenters. The van der Waals surface area contributed by atoms with Crippen LogP contribution in [0.25, 0.3) is 0 Å². The van der Waals surface area contributed by atoms with E-state index >= 15 is 0 Å². The van der Waals surface area contributed by atoms with Crippen LogP contribution in [0.4, 0.5) is 13.2 Å². The van der Waals surface area contributed by atoms with E-state index in [1.54, 1.807) is 6.07 Å². The Morgan fingerprint density at radius 1 is 1.15 bits per heavy atom. The minimum atomic E-state index is -4.32. The number of hydrogen-bond donors (Lipinski definition) is 2. The van der Waals surface area contributed by atoms with E-state index < -0.39 is 11.7 Å². The lowest BCUT2D eigenvalue weighted by Gasteiger charge is -2.13. The Morgan fingerprint density at radius 2 is 1.85 bits per heavy atom. The molecule has 0 bridgehead atoms. The normalized spacial score (nSPS) is 11.8. The summed E-state index contributed by atoms with van der Waals surface area (Å²) in [7, 11) is 0. The molecule has 2 rings (SSSR count). The number of hydrogen-bond acceptors (Lipinski definition) is 2. The predicted octanol–water partition coefficient (Wildman–Crippen LogP) is 3.34. The van der Waals surface area contributed by atoms with Crippen molar-refractivity contribution in [2.24, 2.45) is 0 Å². The molecule has 0 saturated carbocycles. The minimum absolute atomic E-state index is 0.166. The van der Waals surface area contributed by atoms with E-state index in [9.17, 15) is 13.2 Å². The van der Waals surface area contributed by atoms with Crippen molar-refractivity contribution in [2.45, 2.75) is 33.1 Å². The van der Waals surface area contributed by atoms with Crippen molar-refractivity contribution < 1.29 is 13.2 Å². The molecule has 6 heteroatoms. The van der Waals surface area contributed by atoms with Gasteiger partial charge in [-0.1, -0.05) is 18.2 Å². The third-order valence-corrected chi connectivity index (χ3v) is 3.22. The zero-order valence-electron chi connectivity index (χ0n) is 11.3. The SMILES string of the molecule is Cc1n[nH]c(C)c1CNCc1ccccc1C(F)(F)F. The summed E-state index contributed by atoms with van der Waals surface area (Å²) in [4.78, 5) is 0. The molecule has 0 fully saturated rings. The summed E-state index contributed by atoms with van der Waals surface area (Å²) < 4.78 is 38.5. The zero-order valence-corrected chi connectivity index (χ0v) is 11.3. The molecule has 20 heavy (non-hydrogen) atoms. The molecule has 108 valence electrons. The Hall–Kier alpha value is -1.82. The molecule has 0 spiro atoms. The molecule has 1 aromatic carbocycles. The fourth-order valence-corrected chi connectivity index (χ4v) is 2.11. The van der Waals surface area contributed by atoms with Crippen molar-refractivity contribution in [3.05, 3.63) is 52.3 Å². The molecule has 2 aromatic rings. The van der Waals surface area contributed by atoms with E-state index in [4.69, 9.17) is 0 Å². The van der Waals surface area contributed by atoms with Gasteiger partial charge in [0.15, 0.2) is 0 Å². The zero-order chi connectivity index (χ0) is 14.8. The number of alkyl halides is 3. The van der Waals surface area contributed by atoms with Crippen LogP contribution in [0, 0.1) is 13.8 Å². The van der Waals surface area contributed by atoms with Crippen molar-refractivity contribution in [3.8, 4) is 0 Å². The molecular weight excluding hydrogens is 267 g/mol. The van der Waals surface area contributed by atoms with E-state index in [0.717, 1.165) is 23.0 Å². The second kappa shape index (κ2) is 5.66. The van der Waals surface area contributed by atoms with Crippen LogP contribution >= 0.6 is 0 Å². The Kier molecular flexibility index (Phi) is 4.13. The van der Waals surface area contributed by atoms with Crippen molar-refractivity contribution in [1.82, 2.24) is 15.5 Å². The van der Waals surface area contributed by atoms with E-state index in [1.165, 1.54) is 12.1 Å². The largest absolute Gasteiger partial charge is 0.416 e. The molecule has 3 nitrogen and oxygen atoms in total. The predicted molar refractivity (Wildman–Crippen MR) is 70.0 cm³/mol. The number of halogens is 3. The summed E-state index contributed by atoms with van der Waals surface area (Å²) in [5.41, 5.74) is 2.44. The van der Waals surface area contributed by atoms with Gasteiger partial charge in [0, 0.05) is 24.3 Å². The number of nitrogens with zero attached hydrogens (tertiary/aromatic N) is 1. The van der Waals surface area contributed by atoms with Crippen LogP contribution in [-0.4, -0.2) is 10.2 Å². The lowest BCUT2D eigenvalue weighted by atomic mass is 10.1. The number of rotatable bonds is 4. The van der Waals surface area contributed by atoms with Crippen LogP contribution in [-0.2, 0) is 19.3 Å². The van der Waals surface area contributed by atoms with Gasteiger partial charge in [-0.3, -0.25) is 5.10 Å². The van der Waals surface area contributed by atoms with E-state index in [1.807, 2.05) is 13.8 Å². The maximum absolute atomic E-state index is 12.8. The third kappa shape index (κ3) is 3.19. The molecule has 2 N–H and O–H groups in total. The van der Waals surface area contributed by atoms with Gasteiger partial charge in [0.1, 0.15) is 0 Å². The van der Waals surface area contributed by atoms with E-state index in [2.05, 4.69) is 15.5 Å². The van der Waals surface area contributed by atoms with Gasteiger partial charge in [-0.25, -0.2) is 0 Å². The van der Waals surface area contributed by atoms with Crippen LogP contribution in [0.3, 0.4) is 0 Å². The van der Waals surface area contributed by atoms with Crippen LogP contribution < -0.4 is 5.32 Å². The Morgan fingerprint density at radius 3 is 2.45 bits per heavy atom. The van der Waals surface area contributed by atoms with Gasteiger partial charge in [-0.15, -0.1) is 0 Å². The lowest BCUT2D eigenvalue weighted by molar-refractivity contribution is -0.138. The molecule has 0 aliphatic carbocycles. The quantitative estimate of drug-likeness (QED) is 0.903. The molecule has 1 heterocycles. The maximum atomic E-state index is 12.8. The monoisotopic (exact) mass is 283 g/mol. The Balaban J connectivity index is 2.05. The smallest absolute Gasteiger partial charge is 0.308 e. The highest BCUT2D eigenvalue weighted by Gasteiger charge is 2.32. The fourth-order valence-electron chi connectivity index (χ4n) is 2.11. The molecule has 0 aliphatic heterocycles. The number of aromatic nitrogens is 2. The second-order valence-corrected chi connectivity index (χ2v) is 4.67. The first-order chi connectivity index (χ1) is 9.39. The fraction of sp³-hybridized carbons (Fsp3) is 0.357. The first-order valence-corrected chi connectivity index (χ1v) is 6.26. The summed E-state index contributed by atoms with van der Waals surface area (Å²) in [6, 6.07) is 5.60. The number of H-pyrrole nitrogens is 1. The van der Waals surface area contributed by atoms with Crippen molar-refractivity contribution in [3.63, 3.8) is 0 Å². The van der Waals surface area contributed by atoms with Crippen LogP contribution in [0.15, 0.2) is 24.3 Å². The van der Waals surface area contributed by atoms with Crippen LogP contribution in [0.5, 0.6) is 0 Å². The maximum Gasteiger partial charge on any atom is 0.416 e. The minimum Gasteiger partial charge on any atom is -0.308 e. The van der Waals surface area contributed by atoms with Crippen LogP contribution in [0.1, 0.15) is 28.1 Å². The van der Waals surface area contributed by atoms with Gasteiger partial charge in [0.25, 0.3) is 0 Å². The van der Waals surface area contributed by atoms with Crippen molar-refractivity contribution >= 4 is 0 Å².